The average Bonchev–Trinajstić information content (AvgIpc) is 2.98. The van der Waals surface area contributed by atoms with Gasteiger partial charge in [0, 0.05) is 25.0 Å². The van der Waals surface area contributed by atoms with E-state index in [1.807, 2.05) is 12.1 Å². The van der Waals surface area contributed by atoms with Gasteiger partial charge in [0.25, 0.3) is 0 Å². The Morgan fingerprint density at radius 2 is 1.02 bits per heavy atom. The highest BCUT2D eigenvalue weighted by Gasteiger charge is 2.28. The minimum absolute atomic E-state index is 0.242. The van der Waals surface area contributed by atoms with Crippen molar-refractivity contribution >= 4 is 23.9 Å². The van der Waals surface area contributed by atoms with E-state index in [1.165, 1.54) is 13.8 Å². The highest BCUT2D eigenvalue weighted by atomic mass is 16.6. The van der Waals surface area contributed by atoms with E-state index in [4.69, 9.17) is 18.9 Å². The number of hydrogen-bond donors (Lipinski definition) is 0. The monoisotopic (exact) mass is 582 g/mol. The third-order valence-corrected chi connectivity index (χ3v) is 6.78. The summed E-state index contributed by atoms with van der Waals surface area (Å²) in [5, 5.41) is 0. The van der Waals surface area contributed by atoms with E-state index >= 15 is 0 Å². The van der Waals surface area contributed by atoms with E-state index in [0.29, 0.717) is 17.5 Å². The standard InChI is InChI=1S/C34H46O8/c1-4-5-6-16-23-30(42-34(38)32(41-27(3)36)29-21-14-11-15-22-29)24-17-8-7-9-18-25-39-33(37)31(40-26(2)35)28-19-12-10-13-20-28/h10-15,19-22,30-32H,4-9,16-18,23-25H2,1-3H3/t30-,31-,32-/m0/s1. The number of benzene rings is 2. The van der Waals surface area contributed by atoms with Crippen molar-refractivity contribution in [3.05, 3.63) is 71.8 Å². The molecule has 0 unspecified atom stereocenters. The minimum Gasteiger partial charge on any atom is -0.463 e. The molecular weight excluding hydrogens is 536 g/mol. The molecule has 42 heavy (non-hydrogen) atoms. The number of carbonyl (C=O) groups excluding carboxylic acids is 4. The molecule has 0 saturated heterocycles. The summed E-state index contributed by atoms with van der Waals surface area (Å²) in [4.78, 5) is 48.8. The molecule has 0 aliphatic heterocycles. The Morgan fingerprint density at radius 1 is 0.571 bits per heavy atom. The summed E-state index contributed by atoms with van der Waals surface area (Å²) in [6.45, 7) is 4.96. The molecule has 2 aromatic rings. The lowest BCUT2D eigenvalue weighted by molar-refractivity contribution is -0.171. The Labute approximate surface area is 250 Å². The molecule has 0 aromatic heterocycles. The van der Waals surface area contributed by atoms with E-state index in [1.54, 1.807) is 48.5 Å². The van der Waals surface area contributed by atoms with Crippen molar-refractivity contribution in [2.75, 3.05) is 6.61 Å². The fourth-order valence-corrected chi connectivity index (χ4v) is 4.63. The van der Waals surface area contributed by atoms with E-state index in [-0.39, 0.29) is 12.7 Å². The van der Waals surface area contributed by atoms with Crippen LogP contribution in [-0.2, 0) is 38.1 Å². The van der Waals surface area contributed by atoms with Crippen molar-refractivity contribution in [2.24, 2.45) is 0 Å². The van der Waals surface area contributed by atoms with Crippen LogP contribution in [0.4, 0.5) is 0 Å². The van der Waals surface area contributed by atoms with Crippen molar-refractivity contribution < 1.29 is 38.1 Å². The lowest BCUT2D eigenvalue weighted by Crippen LogP contribution is -2.26. The molecule has 3 atom stereocenters. The van der Waals surface area contributed by atoms with Crippen LogP contribution < -0.4 is 0 Å². The first kappa shape index (κ1) is 34.5. The van der Waals surface area contributed by atoms with Gasteiger partial charge in [-0.2, -0.15) is 0 Å². The number of ether oxygens (including phenoxy) is 4. The Kier molecular flexibility index (Phi) is 16.6. The SMILES string of the molecule is CCCCCC[C@@H](CCCCCCCOC(=O)[C@@H](OC(C)=O)c1ccccc1)OC(=O)[C@@H](OC(C)=O)c1ccccc1. The quantitative estimate of drug-likeness (QED) is 0.0906. The molecule has 8 nitrogen and oxygen atoms in total. The van der Waals surface area contributed by atoms with Crippen LogP contribution in [0.1, 0.15) is 115 Å². The average molecular weight is 583 g/mol. The van der Waals surface area contributed by atoms with Gasteiger partial charge in [0.2, 0.25) is 12.2 Å². The molecule has 0 radical (unpaired) electrons. The molecule has 0 fully saturated rings. The summed E-state index contributed by atoms with van der Waals surface area (Å²) in [6, 6.07) is 17.7. The molecule has 0 aliphatic rings. The summed E-state index contributed by atoms with van der Waals surface area (Å²) in [6.07, 6.45) is 7.78. The van der Waals surface area contributed by atoms with Gasteiger partial charge in [-0.15, -0.1) is 0 Å². The molecule has 230 valence electrons. The molecule has 8 heteroatoms. The van der Waals surface area contributed by atoms with Crippen LogP contribution >= 0.6 is 0 Å². The second-order valence-corrected chi connectivity index (χ2v) is 10.4. The lowest BCUT2D eigenvalue weighted by Gasteiger charge is -2.22. The highest BCUT2D eigenvalue weighted by molar-refractivity contribution is 5.80. The Morgan fingerprint density at radius 3 is 1.52 bits per heavy atom. The molecular formula is C34H46O8. The largest absolute Gasteiger partial charge is 0.463 e. The maximum absolute atomic E-state index is 13.1. The van der Waals surface area contributed by atoms with Gasteiger partial charge < -0.3 is 18.9 Å². The first-order valence-corrected chi connectivity index (χ1v) is 15.1. The maximum Gasteiger partial charge on any atom is 0.352 e. The molecule has 0 heterocycles. The van der Waals surface area contributed by atoms with Crippen LogP contribution in [-0.4, -0.2) is 36.6 Å². The molecule has 0 amide bonds. The molecule has 0 bridgehead atoms. The minimum atomic E-state index is -1.08. The number of unbranched alkanes of at least 4 members (excludes halogenated alkanes) is 7. The predicted octanol–water partition coefficient (Wildman–Crippen LogP) is 7.36. The van der Waals surface area contributed by atoms with Crippen LogP contribution in [0.5, 0.6) is 0 Å². The third kappa shape index (κ3) is 13.8. The molecule has 0 saturated carbocycles. The van der Waals surface area contributed by atoms with Gasteiger partial charge in [0.1, 0.15) is 6.10 Å². The summed E-state index contributed by atoms with van der Waals surface area (Å²) in [7, 11) is 0. The van der Waals surface area contributed by atoms with E-state index in [9.17, 15) is 19.2 Å². The summed E-state index contributed by atoms with van der Waals surface area (Å²) in [5.74, 6) is -2.20. The highest BCUT2D eigenvalue weighted by Crippen LogP contribution is 2.24. The number of esters is 4. The normalized spacial score (nSPS) is 12.9. The maximum atomic E-state index is 13.1. The Hall–Kier alpha value is -3.68. The molecule has 0 spiro atoms. The Balaban J connectivity index is 1.78. The van der Waals surface area contributed by atoms with Crippen molar-refractivity contribution in [2.45, 2.75) is 110 Å². The fraction of sp³-hybridized carbons (Fsp3) is 0.529. The van der Waals surface area contributed by atoms with Crippen LogP contribution in [0.25, 0.3) is 0 Å². The zero-order valence-corrected chi connectivity index (χ0v) is 25.3. The Bertz CT molecular complexity index is 1070. The molecule has 0 aliphatic carbocycles. The van der Waals surface area contributed by atoms with Crippen molar-refractivity contribution in [1.82, 2.24) is 0 Å². The van der Waals surface area contributed by atoms with Crippen LogP contribution in [0.2, 0.25) is 0 Å². The predicted molar refractivity (Wildman–Crippen MR) is 159 cm³/mol. The van der Waals surface area contributed by atoms with Crippen molar-refractivity contribution in [1.29, 1.82) is 0 Å². The van der Waals surface area contributed by atoms with Gasteiger partial charge in [-0.1, -0.05) is 106 Å². The van der Waals surface area contributed by atoms with E-state index < -0.39 is 36.1 Å². The van der Waals surface area contributed by atoms with Gasteiger partial charge in [-0.25, -0.2) is 9.59 Å². The van der Waals surface area contributed by atoms with Crippen LogP contribution in [0, 0.1) is 0 Å². The zero-order valence-electron chi connectivity index (χ0n) is 25.3. The van der Waals surface area contributed by atoms with Gasteiger partial charge in [-0.05, 0) is 32.1 Å². The first-order chi connectivity index (χ1) is 20.3. The lowest BCUT2D eigenvalue weighted by atomic mass is 10.0. The topological polar surface area (TPSA) is 105 Å². The van der Waals surface area contributed by atoms with Crippen molar-refractivity contribution in [3.8, 4) is 0 Å². The third-order valence-electron chi connectivity index (χ3n) is 6.78. The summed E-state index contributed by atoms with van der Waals surface area (Å²) in [5.41, 5.74) is 1.16. The molecule has 0 N–H and O–H groups in total. The van der Waals surface area contributed by atoms with Crippen LogP contribution in [0.15, 0.2) is 60.7 Å². The number of rotatable bonds is 20. The van der Waals surface area contributed by atoms with E-state index in [2.05, 4.69) is 6.92 Å². The number of hydrogen-bond acceptors (Lipinski definition) is 8. The van der Waals surface area contributed by atoms with Crippen molar-refractivity contribution in [3.63, 3.8) is 0 Å². The molecule has 2 aromatic carbocycles. The van der Waals surface area contributed by atoms with E-state index in [0.717, 1.165) is 64.2 Å². The second kappa shape index (κ2) is 20.2. The summed E-state index contributed by atoms with van der Waals surface area (Å²) < 4.78 is 21.8. The number of carbonyl (C=O) groups is 4. The second-order valence-electron chi connectivity index (χ2n) is 10.4. The molecule has 2 rings (SSSR count). The zero-order chi connectivity index (χ0) is 30.6. The smallest absolute Gasteiger partial charge is 0.352 e. The van der Waals surface area contributed by atoms with Gasteiger partial charge >= 0.3 is 23.9 Å². The fourth-order valence-electron chi connectivity index (χ4n) is 4.63. The van der Waals surface area contributed by atoms with Crippen LogP contribution in [0.3, 0.4) is 0 Å². The summed E-state index contributed by atoms with van der Waals surface area (Å²) >= 11 is 0. The van der Waals surface area contributed by atoms with Gasteiger partial charge in [-0.3, -0.25) is 9.59 Å². The van der Waals surface area contributed by atoms with Gasteiger partial charge in [0.05, 0.1) is 6.61 Å². The first-order valence-electron chi connectivity index (χ1n) is 15.1. The van der Waals surface area contributed by atoms with Gasteiger partial charge in [0.15, 0.2) is 0 Å².